The molecule has 0 aliphatic rings. The van der Waals surface area contributed by atoms with E-state index in [2.05, 4.69) is 25.0 Å². The summed E-state index contributed by atoms with van der Waals surface area (Å²) in [6.45, 7) is -0.435. The summed E-state index contributed by atoms with van der Waals surface area (Å²) < 4.78 is 23.5. The number of hydrogen-bond acceptors (Lipinski definition) is 7. The second-order valence-electron chi connectivity index (χ2n) is 6.42. The molecule has 4 heterocycles. The minimum atomic E-state index is -4.61. The van der Waals surface area contributed by atoms with E-state index >= 15 is 0 Å². The maximum Gasteiger partial charge on any atom is 1.00 e. The number of phosphoric acid groups is 1. The fraction of sp³-hybridized carbons (Fsp3) is 0.111. The Morgan fingerprint density at radius 3 is 2.81 bits per heavy atom. The molecule has 162 valence electrons. The summed E-state index contributed by atoms with van der Waals surface area (Å²) in [5.41, 5.74) is 2.12. The molecule has 1 amide bonds. The summed E-state index contributed by atoms with van der Waals surface area (Å²) in [6.07, 6.45) is 6.19. The van der Waals surface area contributed by atoms with Gasteiger partial charge in [-0.25, -0.2) is 9.25 Å². The molecule has 0 aliphatic heterocycles. The molecule has 0 aliphatic carbocycles. The third-order valence-corrected chi connectivity index (χ3v) is 4.54. The number of furan rings is 1. The summed E-state index contributed by atoms with van der Waals surface area (Å²) in [4.78, 5) is 34.5. The van der Waals surface area contributed by atoms with Crippen molar-refractivity contribution < 1.29 is 59.1 Å². The third-order valence-electron chi connectivity index (χ3n) is 4.09. The number of carbonyl (C=O) groups excluding carboxylic acids is 1. The second-order valence-corrected chi connectivity index (χ2v) is 7.65. The number of aryl methyl sites for hydroxylation is 1. The van der Waals surface area contributed by atoms with Crippen LogP contribution in [-0.4, -0.2) is 40.2 Å². The van der Waals surface area contributed by atoms with Crippen LogP contribution in [0.3, 0.4) is 0 Å². The number of anilines is 1. The van der Waals surface area contributed by atoms with Crippen LogP contribution < -0.4 is 34.9 Å². The molecule has 4 aromatic rings. The van der Waals surface area contributed by atoms with Crippen molar-refractivity contribution in [2.45, 2.75) is 6.73 Å². The van der Waals surface area contributed by atoms with Crippen LogP contribution in [0.25, 0.3) is 22.7 Å². The molecule has 0 saturated carbocycles. The average Bonchev–Trinajstić information content (AvgIpc) is 3.46. The predicted octanol–water partition coefficient (Wildman–Crippen LogP) is -0.626. The largest absolute Gasteiger partial charge is 1.00 e. The van der Waals surface area contributed by atoms with Crippen LogP contribution in [0.2, 0.25) is 0 Å². The summed E-state index contributed by atoms with van der Waals surface area (Å²) in [5, 5.41) is 11.1. The Labute approximate surface area is 205 Å². The number of nitrogens with one attached hydrogen (secondary N) is 1. The zero-order valence-corrected chi connectivity index (χ0v) is 20.0. The standard InChI is InChI=1S/C18H17N6O6P.Na.H/c1-23-10-14(17(22-23)13-4-2-3-7-19-13)21-18(25)16-6-5-15(30-16)12-8-20-24(9-12)11-29-31(26,27)28;;/h2-10H,11H2,1H3,(H,21,25)(H2,26,27,28);;/q;+1;-1. The van der Waals surface area contributed by atoms with Gasteiger partial charge in [0, 0.05) is 25.6 Å². The first-order valence-corrected chi connectivity index (χ1v) is 10.4. The van der Waals surface area contributed by atoms with Crippen molar-refractivity contribution in [1.29, 1.82) is 0 Å². The monoisotopic (exact) mass is 468 g/mol. The second kappa shape index (κ2) is 9.92. The van der Waals surface area contributed by atoms with E-state index < -0.39 is 20.5 Å². The fourth-order valence-electron chi connectivity index (χ4n) is 2.77. The topological polar surface area (TPSA) is 158 Å². The van der Waals surface area contributed by atoms with Crippen molar-refractivity contribution in [2.24, 2.45) is 7.05 Å². The van der Waals surface area contributed by atoms with Crippen LogP contribution in [0.4, 0.5) is 5.69 Å². The first-order chi connectivity index (χ1) is 14.8. The van der Waals surface area contributed by atoms with E-state index in [1.807, 2.05) is 6.07 Å². The smallest absolute Gasteiger partial charge is 1.00 e. The van der Waals surface area contributed by atoms with E-state index in [0.29, 0.717) is 28.4 Å². The Hall–Kier alpha value is -2.57. The minimum absolute atomic E-state index is 0. The molecular weight excluding hydrogens is 450 g/mol. The van der Waals surface area contributed by atoms with Gasteiger partial charge in [0.05, 0.1) is 23.1 Å². The van der Waals surface area contributed by atoms with Crippen LogP contribution in [0.1, 0.15) is 12.0 Å². The normalized spacial score (nSPS) is 11.2. The molecule has 4 aromatic heterocycles. The molecule has 0 atom stereocenters. The molecule has 0 radical (unpaired) electrons. The van der Waals surface area contributed by atoms with Crippen molar-refractivity contribution in [1.82, 2.24) is 24.5 Å². The van der Waals surface area contributed by atoms with Crippen molar-refractivity contribution in [3.63, 3.8) is 0 Å². The molecule has 14 heteroatoms. The van der Waals surface area contributed by atoms with Gasteiger partial charge in [0.15, 0.2) is 12.5 Å². The Balaban J connectivity index is 0.00000193. The number of carbonyl (C=O) groups is 1. The summed E-state index contributed by atoms with van der Waals surface area (Å²) in [6, 6.07) is 8.49. The third kappa shape index (κ3) is 5.81. The van der Waals surface area contributed by atoms with E-state index in [-0.39, 0.29) is 36.7 Å². The Morgan fingerprint density at radius 2 is 2.09 bits per heavy atom. The molecule has 0 unspecified atom stereocenters. The number of hydrogen-bond donors (Lipinski definition) is 3. The number of nitrogens with zero attached hydrogens (tertiary/aromatic N) is 5. The van der Waals surface area contributed by atoms with Gasteiger partial charge < -0.3 is 20.9 Å². The summed E-state index contributed by atoms with van der Waals surface area (Å²) in [5.74, 6) is -0.0672. The number of pyridine rings is 1. The quantitative estimate of drug-likeness (QED) is 0.237. The van der Waals surface area contributed by atoms with Gasteiger partial charge in [-0.15, -0.1) is 0 Å². The van der Waals surface area contributed by atoms with Gasteiger partial charge in [-0.3, -0.25) is 19.0 Å². The first kappa shape index (κ1) is 24.1. The van der Waals surface area contributed by atoms with Gasteiger partial charge in [-0.1, -0.05) is 6.07 Å². The Bertz CT molecular complexity index is 1270. The molecule has 0 saturated heterocycles. The van der Waals surface area contributed by atoms with E-state index in [1.54, 1.807) is 42.3 Å². The van der Waals surface area contributed by atoms with E-state index in [1.165, 1.54) is 23.1 Å². The van der Waals surface area contributed by atoms with Gasteiger partial charge in [0.25, 0.3) is 5.91 Å². The molecule has 12 nitrogen and oxygen atoms in total. The van der Waals surface area contributed by atoms with Crippen LogP contribution in [0.5, 0.6) is 0 Å². The Kier molecular flexibility index (Phi) is 7.47. The molecule has 4 rings (SSSR count). The van der Waals surface area contributed by atoms with Gasteiger partial charge in [0.2, 0.25) is 0 Å². The van der Waals surface area contributed by atoms with Crippen LogP contribution >= 0.6 is 7.82 Å². The minimum Gasteiger partial charge on any atom is -1.00 e. The molecule has 0 aromatic carbocycles. The molecule has 3 N–H and O–H groups in total. The van der Waals surface area contributed by atoms with E-state index in [0.717, 1.165) is 0 Å². The molecule has 0 spiro atoms. The van der Waals surface area contributed by atoms with Crippen molar-refractivity contribution in [3.8, 4) is 22.7 Å². The molecule has 0 fully saturated rings. The zero-order valence-electron chi connectivity index (χ0n) is 18.1. The van der Waals surface area contributed by atoms with Gasteiger partial charge in [-0.05, 0) is 24.3 Å². The first-order valence-electron chi connectivity index (χ1n) is 8.88. The number of rotatable bonds is 7. The maximum atomic E-state index is 12.7. The van der Waals surface area contributed by atoms with Crippen LogP contribution in [-0.2, 0) is 22.9 Å². The summed E-state index contributed by atoms with van der Waals surface area (Å²) in [7, 11) is -2.87. The SMILES string of the molecule is Cn1cc(NC(=O)c2ccc(-c3cnn(COP(=O)(O)O)c3)o2)c(-c2ccccn2)n1.[H-].[Na+]. The predicted molar refractivity (Wildman–Crippen MR) is 109 cm³/mol. The summed E-state index contributed by atoms with van der Waals surface area (Å²) >= 11 is 0. The van der Waals surface area contributed by atoms with Gasteiger partial charge in [-0.2, -0.15) is 10.2 Å². The van der Waals surface area contributed by atoms with E-state index in [4.69, 9.17) is 14.2 Å². The molecular formula is C18H18N6NaO6P. The van der Waals surface area contributed by atoms with Gasteiger partial charge >= 0.3 is 37.4 Å². The fourth-order valence-corrected chi connectivity index (χ4v) is 3.04. The molecule has 32 heavy (non-hydrogen) atoms. The van der Waals surface area contributed by atoms with E-state index in [9.17, 15) is 9.36 Å². The van der Waals surface area contributed by atoms with Crippen molar-refractivity contribution in [3.05, 3.63) is 60.9 Å². The zero-order chi connectivity index (χ0) is 22.0. The number of amides is 1. The van der Waals surface area contributed by atoms with Crippen LogP contribution in [0, 0.1) is 0 Å². The number of aromatic nitrogens is 5. The average molecular weight is 468 g/mol. The van der Waals surface area contributed by atoms with Crippen LogP contribution in [0.15, 0.2) is 59.5 Å². The number of phosphoric ester groups is 1. The maximum absolute atomic E-state index is 12.7. The van der Waals surface area contributed by atoms with Crippen molar-refractivity contribution in [2.75, 3.05) is 5.32 Å². The molecule has 0 bridgehead atoms. The Morgan fingerprint density at radius 1 is 1.28 bits per heavy atom. The van der Waals surface area contributed by atoms with Gasteiger partial charge in [0.1, 0.15) is 11.5 Å². The van der Waals surface area contributed by atoms with Crippen molar-refractivity contribution >= 4 is 19.4 Å².